The molecule has 0 unspecified atom stereocenters. The molecule has 4 aromatic rings. The molecule has 0 heterocycles. The highest BCUT2D eigenvalue weighted by Gasteiger charge is 2.11. The summed E-state index contributed by atoms with van der Waals surface area (Å²) in [5, 5.41) is 0. The Kier molecular flexibility index (Phi) is 7.86. The van der Waals surface area contributed by atoms with Gasteiger partial charge < -0.3 is 19.1 Å². The summed E-state index contributed by atoms with van der Waals surface area (Å²) in [5.74, 6) is 1.38. The molecular weight excluding hydrogens is 424 g/mol. The molecule has 0 N–H and O–H groups in total. The maximum absolute atomic E-state index is 11.3. The number of ether oxygens (including phenoxy) is 2. The van der Waals surface area contributed by atoms with Gasteiger partial charge in [-0.25, -0.2) is 0 Å². The van der Waals surface area contributed by atoms with Crippen molar-refractivity contribution in [2.24, 2.45) is 0 Å². The van der Waals surface area contributed by atoms with Gasteiger partial charge in [-0.1, -0.05) is 72.8 Å². The molecule has 0 bridgehead atoms. The van der Waals surface area contributed by atoms with Crippen LogP contribution < -0.4 is 9.47 Å². The molecule has 0 saturated carbocycles. The predicted molar refractivity (Wildman–Crippen MR) is 133 cm³/mol. The Morgan fingerprint density at radius 3 is 1.32 bits per heavy atom. The molecule has 0 fully saturated rings. The van der Waals surface area contributed by atoms with E-state index in [0.717, 1.165) is 46.0 Å². The Balaban J connectivity index is 1.55. The number of rotatable bonds is 11. The molecule has 0 atom stereocenters. The minimum absolute atomic E-state index is 0.261. The smallest absolute Gasteiger partial charge is 0.124 e. The second-order valence-corrected chi connectivity index (χ2v) is 7.94. The van der Waals surface area contributed by atoms with Crippen molar-refractivity contribution in [1.29, 1.82) is 0 Å². The SMILES string of the molecule is O=CCc1cc(-c2ccc(OCc3ccccc3)c(CC=O)c2)ccc1OCc1ccccc1. The summed E-state index contributed by atoms with van der Waals surface area (Å²) in [7, 11) is 0. The van der Waals surface area contributed by atoms with E-state index in [1.54, 1.807) is 0 Å². The molecule has 0 radical (unpaired) electrons. The van der Waals surface area contributed by atoms with Crippen LogP contribution in [-0.4, -0.2) is 12.6 Å². The topological polar surface area (TPSA) is 52.6 Å². The summed E-state index contributed by atoms with van der Waals surface area (Å²) in [4.78, 5) is 22.6. The lowest BCUT2D eigenvalue weighted by Crippen LogP contribution is -2.01. The van der Waals surface area contributed by atoms with Gasteiger partial charge >= 0.3 is 0 Å². The van der Waals surface area contributed by atoms with E-state index in [4.69, 9.17) is 9.47 Å². The van der Waals surface area contributed by atoms with Gasteiger partial charge in [-0.2, -0.15) is 0 Å². The van der Waals surface area contributed by atoms with Gasteiger partial charge in [-0.15, -0.1) is 0 Å². The summed E-state index contributed by atoms with van der Waals surface area (Å²) in [6, 6.07) is 31.5. The molecule has 4 aromatic carbocycles. The molecule has 0 aromatic heterocycles. The molecule has 0 aliphatic carbocycles. The van der Waals surface area contributed by atoms with E-state index in [1.165, 1.54) is 0 Å². The van der Waals surface area contributed by atoms with Gasteiger partial charge in [0.2, 0.25) is 0 Å². The monoisotopic (exact) mass is 450 g/mol. The van der Waals surface area contributed by atoms with Crippen LogP contribution in [0.25, 0.3) is 11.1 Å². The first-order chi connectivity index (χ1) is 16.8. The first kappa shape index (κ1) is 23.0. The maximum atomic E-state index is 11.3. The van der Waals surface area contributed by atoms with Gasteiger partial charge in [0.1, 0.15) is 37.3 Å². The van der Waals surface area contributed by atoms with Gasteiger partial charge in [0.05, 0.1) is 0 Å². The number of carbonyl (C=O) groups is 2. The standard InChI is InChI=1S/C30H26O4/c31-17-15-27-19-25(11-13-29(27)33-21-23-7-3-1-4-8-23)26-12-14-30(28(20-26)16-18-32)34-22-24-9-5-2-6-10-24/h1-14,17-20H,15-16,21-22H2. The number of aldehydes is 2. The van der Waals surface area contributed by atoms with Gasteiger partial charge in [-0.3, -0.25) is 0 Å². The average Bonchev–Trinajstić information content (AvgIpc) is 2.89. The Morgan fingerprint density at radius 2 is 0.941 bits per heavy atom. The van der Waals surface area contributed by atoms with E-state index in [1.807, 2.05) is 97.1 Å². The van der Waals surface area contributed by atoms with Crippen molar-refractivity contribution in [3.63, 3.8) is 0 Å². The average molecular weight is 451 g/mol. The Morgan fingerprint density at radius 1 is 0.529 bits per heavy atom. The van der Waals surface area contributed by atoms with Gasteiger partial charge in [0, 0.05) is 24.0 Å². The molecular formula is C30H26O4. The van der Waals surface area contributed by atoms with Gasteiger partial charge in [-0.05, 0) is 46.5 Å². The van der Waals surface area contributed by atoms with Crippen LogP contribution >= 0.6 is 0 Å². The highest BCUT2D eigenvalue weighted by Crippen LogP contribution is 2.31. The number of hydrogen-bond acceptors (Lipinski definition) is 4. The summed E-state index contributed by atoms with van der Waals surface area (Å²) in [6.07, 6.45) is 2.29. The first-order valence-corrected chi connectivity index (χ1v) is 11.2. The Bertz CT molecular complexity index is 1130. The lowest BCUT2D eigenvalue weighted by molar-refractivity contribution is -0.108. The Hall–Kier alpha value is -4.18. The summed E-state index contributed by atoms with van der Waals surface area (Å²) < 4.78 is 12.0. The van der Waals surface area contributed by atoms with Crippen LogP contribution in [0.4, 0.5) is 0 Å². The third kappa shape index (κ3) is 5.99. The van der Waals surface area contributed by atoms with Crippen molar-refractivity contribution in [2.75, 3.05) is 0 Å². The van der Waals surface area contributed by atoms with Crippen LogP contribution in [0.15, 0.2) is 97.1 Å². The van der Waals surface area contributed by atoms with Gasteiger partial charge in [0.25, 0.3) is 0 Å². The fourth-order valence-corrected chi connectivity index (χ4v) is 3.77. The molecule has 0 spiro atoms. The third-order valence-corrected chi connectivity index (χ3v) is 5.54. The van der Waals surface area contributed by atoms with E-state index >= 15 is 0 Å². The number of carbonyl (C=O) groups excluding carboxylic acids is 2. The zero-order valence-corrected chi connectivity index (χ0v) is 18.9. The van der Waals surface area contributed by atoms with Crippen molar-refractivity contribution in [3.8, 4) is 22.6 Å². The molecule has 0 aliphatic heterocycles. The van der Waals surface area contributed by atoms with Crippen molar-refractivity contribution >= 4 is 12.6 Å². The molecule has 34 heavy (non-hydrogen) atoms. The first-order valence-electron chi connectivity index (χ1n) is 11.2. The Labute approximate surface area is 199 Å². The van der Waals surface area contributed by atoms with E-state index in [2.05, 4.69) is 0 Å². The van der Waals surface area contributed by atoms with E-state index < -0.39 is 0 Å². The quantitative estimate of drug-likeness (QED) is 0.263. The molecule has 170 valence electrons. The van der Waals surface area contributed by atoms with E-state index in [0.29, 0.717) is 24.7 Å². The molecule has 0 aliphatic rings. The largest absolute Gasteiger partial charge is 0.489 e. The van der Waals surface area contributed by atoms with E-state index in [-0.39, 0.29) is 12.8 Å². The molecule has 0 saturated heterocycles. The number of hydrogen-bond donors (Lipinski definition) is 0. The van der Waals surface area contributed by atoms with E-state index in [9.17, 15) is 9.59 Å². The second kappa shape index (κ2) is 11.6. The zero-order chi connectivity index (χ0) is 23.6. The van der Waals surface area contributed by atoms with Crippen LogP contribution in [0, 0.1) is 0 Å². The molecule has 4 nitrogen and oxygen atoms in total. The van der Waals surface area contributed by atoms with Crippen LogP contribution in [0.2, 0.25) is 0 Å². The fourth-order valence-electron chi connectivity index (χ4n) is 3.77. The van der Waals surface area contributed by atoms with Crippen molar-refractivity contribution in [2.45, 2.75) is 26.1 Å². The minimum Gasteiger partial charge on any atom is -0.489 e. The highest BCUT2D eigenvalue weighted by atomic mass is 16.5. The molecule has 4 heteroatoms. The third-order valence-electron chi connectivity index (χ3n) is 5.54. The maximum Gasteiger partial charge on any atom is 0.124 e. The summed E-state index contributed by atoms with van der Waals surface area (Å²) in [5.41, 5.74) is 5.67. The van der Waals surface area contributed by atoms with Crippen LogP contribution in [0.1, 0.15) is 22.3 Å². The lowest BCUT2D eigenvalue weighted by Gasteiger charge is -2.14. The normalized spacial score (nSPS) is 10.5. The van der Waals surface area contributed by atoms with Crippen LogP contribution in [0.5, 0.6) is 11.5 Å². The summed E-state index contributed by atoms with van der Waals surface area (Å²) in [6.45, 7) is 0.867. The highest BCUT2D eigenvalue weighted by molar-refractivity contribution is 5.71. The minimum atomic E-state index is 0.261. The summed E-state index contributed by atoms with van der Waals surface area (Å²) >= 11 is 0. The van der Waals surface area contributed by atoms with Crippen LogP contribution in [0.3, 0.4) is 0 Å². The van der Waals surface area contributed by atoms with Crippen molar-refractivity contribution in [1.82, 2.24) is 0 Å². The molecule has 4 rings (SSSR count). The van der Waals surface area contributed by atoms with Crippen LogP contribution in [-0.2, 0) is 35.6 Å². The predicted octanol–water partition coefficient (Wildman–Crippen LogP) is 5.99. The molecule has 0 amide bonds. The second-order valence-electron chi connectivity index (χ2n) is 7.94. The van der Waals surface area contributed by atoms with Crippen molar-refractivity contribution < 1.29 is 19.1 Å². The number of benzene rings is 4. The lowest BCUT2D eigenvalue weighted by atomic mass is 9.98. The zero-order valence-electron chi connectivity index (χ0n) is 18.9. The van der Waals surface area contributed by atoms with Crippen molar-refractivity contribution in [3.05, 3.63) is 119 Å². The van der Waals surface area contributed by atoms with Gasteiger partial charge in [0.15, 0.2) is 0 Å². The fraction of sp³-hybridized carbons (Fsp3) is 0.133.